The second-order valence-corrected chi connectivity index (χ2v) is 3.89. The Morgan fingerprint density at radius 1 is 1.13 bits per heavy atom. The molecule has 2 N–H and O–H groups in total. The SMILES string of the molecule is Cl.N[C@H](c1ccccc1)C1CCOCC1. The third kappa shape index (κ3) is 3.20. The summed E-state index contributed by atoms with van der Waals surface area (Å²) in [6.45, 7) is 1.73. The summed E-state index contributed by atoms with van der Waals surface area (Å²) in [6.07, 6.45) is 2.19. The maximum absolute atomic E-state index is 6.21. The van der Waals surface area contributed by atoms with Crippen LogP contribution in [0, 0.1) is 5.92 Å². The van der Waals surface area contributed by atoms with Gasteiger partial charge in [-0.3, -0.25) is 0 Å². The van der Waals surface area contributed by atoms with Crippen molar-refractivity contribution in [2.75, 3.05) is 13.2 Å². The first-order valence-corrected chi connectivity index (χ1v) is 5.26. The van der Waals surface area contributed by atoms with Gasteiger partial charge in [0.15, 0.2) is 0 Å². The summed E-state index contributed by atoms with van der Waals surface area (Å²) >= 11 is 0. The predicted molar refractivity (Wildman–Crippen MR) is 64.2 cm³/mol. The highest BCUT2D eigenvalue weighted by Crippen LogP contribution is 2.27. The van der Waals surface area contributed by atoms with Crippen LogP contribution in [-0.2, 0) is 4.74 Å². The van der Waals surface area contributed by atoms with Gasteiger partial charge in [0, 0.05) is 19.3 Å². The van der Waals surface area contributed by atoms with Crippen LogP contribution in [0.1, 0.15) is 24.4 Å². The minimum atomic E-state index is 0. The van der Waals surface area contributed by atoms with E-state index in [4.69, 9.17) is 10.5 Å². The first kappa shape index (κ1) is 12.5. The third-order valence-corrected chi connectivity index (χ3v) is 2.96. The Bertz CT molecular complexity index is 272. The Labute approximate surface area is 97.2 Å². The van der Waals surface area contributed by atoms with Gasteiger partial charge < -0.3 is 10.5 Å². The molecule has 2 nitrogen and oxygen atoms in total. The van der Waals surface area contributed by atoms with Crippen LogP contribution in [0.5, 0.6) is 0 Å². The van der Waals surface area contributed by atoms with Crippen LogP contribution < -0.4 is 5.73 Å². The van der Waals surface area contributed by atoms with Crippen molar-refractivity contribution in [1.82, 2.24) is 0 Å². The van der Waals surface area contributed by atoms with Gasteiger partial charge in [-0.25, -0.2) is 0 Å². The van der Waals surface area contributed by atoms with E-state index in [0.717, 1.165) is 26.1 Å². The maximum atomic E-state index is 6.21. The molecule has 3 heteroatoms. The molecule has 1 saturated heterocycles. The molecule has 0 spiro atoms. The van der Waals surface area contributed by atoms with Crippen molar-refractivity contribution < 1.29 is 4.74 Å². The van der Waals surface area contributed by atoms with Gasteiger partial charge in [0.2, 0.25) is 0 Å². The normalized spacial score (nSPS) is 19.3. The lowest BCUT2D eigenvalue weighted by atomic mass is 9.88. The number of hydrogen-bond acceptors (Lipinski definition) is 2. The van der Waals surface area contributed by atoms with Crippen LogP contribution in [-0.4, -0.2) is 13.2 Å². The number of benzene rings is 1. The average Bonchev–Trinajstić information content (AvgIpc) is 2.30. The van der Waals surface area contributed by atoms with Crippen LogP contribution in [0.25, 0.3) is 0 Å². The van der Waals surface area contributed by atoms with E-state index in [1.807, 2.05) is 6.07 Å². The lowest BCUT2D eigenvalue weighted by molar-refractivity contribution is 0.0584. The van der Waals surface area contributed by atoms with Crippen LogP contribution in [0.2, 0.25) is 0 Å². The number of hydrogen-bond donors (Lipinski definition) is 1. The topological polar surface area (TPSA) is 35.2 Å². The van der Waals surface area contributed by atoms with Gasteiger partial charge in [-0.15, -0.1) is 12.4 Å². The zero-order valence-electron chi connectivity index (χ0n) is 8.76. The van der Waals surface area contributed by atoms with E-state index in [1.54, 1.807) is 0 Å². The summed E-state index contributed by atoms with van der Waals surface area (Å²) in [5.41, 5.74) is 7.46. The molecule has 1 aromatic rings. The zero-order valence-corrected chi connectivity index (χ0v) is 9.58. The fourth-order valence-corrected chi connectivity index (χ4v) is 2.02. The number of ether oxygens (including phenoxy) is 1. The standard InChI is InChI=1S/C12H17NO.ClH/c13-12(10-4-2-1-3-5-10)11-6-8-14-9-7-11;/h1-5,11-12H,6-9,13H2;1H/t12-;/m1./s1. The highest BCUT2D eigenvalue weighted by molar-refractivity contribution is 5.85. The second kappa shape index (κ2) is 6.11. The fourth-order valence-electron chi connectivity index (χ4n) is 2.02. The van der Waals surface area contributed by atoms with Crippen molar-refractivity contribution in [2.24, 2.45) is 11.7 Å². The Hall–Kier alpha value is -0.570. The van der Waals surface area contributed by atoms with E-state index in [0.29, 0.717) is 5.92 Å². The monoisotopic (exact) mass is 227 g/mol. The average molecular weight is 228 g/mol. The summed E-state index contributed by atoms with van der Waals surface area (Å²) in [5.74, 6) is 0.589. The highest BCUT2D eigenvalue weighted by Gasteiger charge is 2.21. The van der Waals surface area contributed by atoms with Crippen molar-refractivity contribution in [3.8, 4) is 0 Å². The van der Waals surface area contributed by atoms with Crippen molar-refractivity contribution in [1.29, 1.82) is 0 Å². The number of rotatable bonds is 2. The van der Waals surface area contributed by atoms with Crippen molar-refractivity contribution in [2.45, 2.75) is 18.9 Å². The molecule has 2 rings (SSSR count). The van der Waals surface area contributed by atoms with E-state index in [-0.39, 0.29) is 18.4 Å². The molecule has 1 heterocycles. The van der Waals surface area contributed by atoms with Crippen LogP contribution in [0.3, 0.4) is 0 Å². The zero-order chi connectivity index (χ0) is 9.80. The van der Waals surface area contributed by atoms with E-state index in [9.17, 15) is 0 Å². The number of halogens is 1. The lowest BCUT2D eigenvalue weighted by Crippen LogP contribution is -2.27. The molecule has 15 heavy (non-hydrogen) atoms. The smallest absolute Gasteiger partial charge is 0.0469 e. The number of nitrogens with two attached hydrogens (primary N) is 1. The van der Waals surface area contributed by atoms with Gasteiger partial charge in [-0.05, 0) is 24.3 Å². The highest BCUT2D eigenvalue weighted by atomic mass is 35.5. The Balaban J connectivity index is 0.00000112. The summed E-state index contributed by atoms with van der Waals surface area (Å²) in [6, 6.07) is 10.5. The van der Waals surface area contributed by atoms with Crippen LogP contribution in [0.4, 0.5) is 0 Å². The van der Waals surface area contributed by atoms with Gasteiger partial charge in [-0.2, -0.15) is 0 Å². The molecular weight excluding hydrogens is 210 g/mol. The quantitative estimate of drug-likeness (QED) is 0.843. The molecule has 1 aromatic carbocycles. The van der Waals surface area contributed by atoms with Gasteiger partial charge in [0.25, 0.3) is 0 Å². The lowest BCUT2D eigenvalue weighted by Gasteiger charge is -2.27. The Morgan fingerprint density at radius 2 is 1.73 bits per heavy atom. The minimum absolute atomic E-state index is 0. The van der Waals surface area contributed by atoms with E-state index >= 15 is 0 Å². The van der Waals surface area contributed by atoms with Gasteiger partial charge in [0.1, 0.15) is 0 Å². The maximum Gasteiger partial charge on any atom is 0.0469 e. The van der Waals surface area contributed by atoms with E-state index in [1.165, 1.54) is 5.56 Å². The van der Waals surface area contributed by atoms with Gasteiger partial charge in [0.05, 0.1) is 0 Å². The molecule has 84 valence electrons. The van der Waals surface area contributed by atoms with Crippen molar-refractivity contribution in [3.05, 3.63) is 35.9 Å². The Kier molecular flexibility index (Phi) is 5.09. The Morgan fingerprint density at radius 3 is 2.33 bits per heavy atom. The molecule has 1 atom stereocenters. The van der Waals surface area contributed by atoms with E-state index < -0.39 is 0 Å². The molecule has 0 saturated carbocycles. The molecule has 1 aliphatic heterocycles. The van der Waals surface area contributed by atoms with Crippen molar-refractivity contribution >= 4 is 12.4 Å². The molecule has 0 aromatic heterocycles. The first-order valence-electron chi connectivity index (χ1n) is 5.26. The fraction of sp³-hybridized carbons (Fsp3) is 0.500. The van der Waals surface area contributed by atoms with Crippen molar-refractivity contribution in [3.63, 3.8) is 0 Å². The molecule has 0 bridgehead atoms. The predicted octanol–water partition coefficient (Wildman–Crippen LogP) is 2.53. The first-order chi connectivity index (χ1) is 6.88. The summed E-state index contributed by atoms with van der Waals surface area (Å²) in [7, 11) is 0. The van der Waals surface area contributed by atoms with Crippen LogP contribution in [0.15, 0.2) is 30.3 Å². The summed E-state index contributed by atoms with van der Waals surface area (Å²) in [5, 5.41) is 0. The summed E-state index contributed by atoms with van der Waals surface area (Å²) < 4.78 is 5.33. The minimum Gasteiger partial charge on any atom is -0.381 e. The molecule has 0 aliphatic carbocycles. The van der Waals surface area contributed by atoms with Gasteiger partial charge >= 0.3 is 0 Å². The molecular formula is C12H18ClNO. The van der Waals surface area contributed by atoms with Gasteiger partial charge in [-0.1, -0.05) is 30.3 Å². The van der Waals surface area contributed by atoms with Crippen LogP contribution >= 0.6 is 12.4 Å². The second-order valence-electron chi connectivity index (χ2n) is 3.89. The molecule has 0 unspecified atom stereocenters. The summed E-state index contributed by atoms with van der Waals surface area (Å²) in [4.78, 5) is 0. The molecule has 0 radical (unpaired) electrons. The molecule has 1 fully saturated rings. The largest absolute Gasteiger partial charge is 0.381 e. The molecule has 0 amide bonds. The van der Waals surface area contributed by atoms with E-state index in [2.05, 4.69) is 24.3 Å². The third-order valence-electron chi connectivity index (χ3n) is 2.96. The molecule has 1 aliphatic rings.